The Morgan fingerprint density at radius 2 is 1.75 bits per heavy atom. The first kappa shape index (κ1) is 14.3. The number of rotatable bonds is 2. The largest absolute Gasteiger partial charge is 0.416 e. The normalized spacial score (nSPS) is 11.1. The predicted molar refractivity (Wildman–Crippen MR) is 71.1 cm³/mol. The molecule has 2 rings (SSSR count). The van der Waals surface area contributed by atoms with Crippen molar-refractivity contribution in [2.75, 3.05) is 5.73 Å². The van der Waals surface area contributed by atoms with E-state index in [9.17, 15) is 13.2 Å². The van der Waals surface area contributed by atoms with Crippen LogP contribution in [0.15, 0.2) is 52.3 Å². The van der Waals surface area contributed by atoms with Crippen molar-refractivity contribution in [3.8, 4) is 6.07 Å². The SMILES string of the molecule is N#Cc1cc(C(F)(F)F)ccc1Sc1ccccc1N. The molecule has 0 spiro atoms. The van der Waals surface area contributed by atoms with Gasteiger partial charge in [0.15, 0.2) is 0 Å². The first-order valence-corrected chi connectivity index (χ1v) is 6.37. The van der Waals surface area contributed by atoms with Gasteiger partial charge in [0, 0.05) is 15.5 Å². The molecule has 0 amide bonds. The van der Waals surface area contributed by atoms with Crippen molar-refractivity contribution in [2.24, 2.45) is 0 Å². The van der Waals surface area contributed by atoms with Gasteiger partial charge < -0.3 is 5.73 Å². The van der Waals surface area contributed by atoms with Gasteiger partial charge in [0.05, 0.1) is 11.1 Å². The fourth-order valence-corrected chi connectivity index (χ4v) is 2.49. The average Bonchev–Trinajstić information content (AvgIpc) is 2.40. The Kier molecular flexibility index (Phi) is 3.91. The van der Waals surface area contributed by atoms with E-state index in [-0.39, 0.29) is 5.56 Å². The van der Waals surface area contributed by atoms with Crippen molar-refractivity contribution >= 4 is 17.4 Å². The van der Waals surface area contributed by atoms with Gasteiger partial charge >= 0.3 is 6.18 Å². The van der Waals surface area contributed by atoms with Gasteiger partial charge in [0.25, 0.3) is 0 Å². The zero-order valence-corrected chi connectivity index (χ0v) is 10.9. The van der Waals surface area contributed by atoms with E-state index < -0.39 is 11.7 Å². The van der Waals surface area contributed by atoms with E-state index in [0.717, 1.165) is 12.1 Å². The number of nitriles is 1. The van der Waals surface area contributed by atoms with Gasteiger partial charge in [-0.25, -0.2) is 0 Å². The van der Waals surface area contributed by atoms with Crippen LogP contribution in [0.2, 0.25) is 0 Å². The lowest BCUT2D eigenvalue weighted by molar-refractivity contribution is -0.137. The molecule has 2 nitrogen and oxygen atoms in total. The van der Waals surface area contributed by atoms with Crippen molar-refractivity contribution in [1.29, 1.82) is 5.26 Å². The van der Waals surface area contributed by atoms with Crippen molar-refractivity contribution in [2.45, 2.75) is 16.0 Å². The van der Waals surface area contributed by atoms with Gasteiger partial charge in [0.2, 0.25) is 0 Å². The molecule has 0 radical (unpaired) electrons. The van der Waals surface area contributed by atoms with E-state index in [4.69, 9.17) is 11.0 Å². The van der Waals surface area contributed by atoms with E-state index in [2.05, 4.69) is 0 Å². The van der Waals surface area contributed by atoms with Gasteiger partial charge in [0.1, 0.15) is 6.07 Å². The summed E-state index contributed by atoms with van der Waals surface area (Å²) < 4.78 is 37.8. The van der Waals surface area contributed by atoms with Gasteiger partial charge in [-0.2, -0.15) is 18.4 Å². The smallest absolute Gasteiger partial charge is 0.398 e. The van der Waals surface area contributed by atoms with Crippen LogP contribution in [-0.2, 0) is 6.18 Å². The van der Waals surface area contributed by atoms with Crippen molar-refractivity contribution in [3.05, 3.63) is 53.6 Å². The number of nitrogens with zero attached hydrogens (tertiary/aromatic N) is 1. The average molecular weight is 294 g/mol. The molecular weight excluding hydrogens is 285 g/mol. The van der Waals surface area contributed by atoms with Crippen LogP contribution in [0.1, 0.15) is 11.1 Å². The predicted octanol–water partition coefficient (Wildman–Crippen LogP) is 4.31. The number of nitrogens with two attached hydrogens (primary N) is 1. The maximum absolute atomic E-state index is 12.6. The fourth-order valence-electron chi connectivity index (χ4n) is 1.57. The molecule has 2 aromatic rings. The van der Waals surface area contributed by atoms with E-state index in [0.29, 0.717) is 15.5 Å². The minimum Gasteiger partial charge on any atom is -0.398 e. The maximum atomic E-state index is 12.6. The number of hydrogen-bond donors (Lipinski definition) is 1. The number of halogens is 3. The Morgan fingerprint density at radius 1 is 1.05 bits per heavy atom. The van der Waals surface area contributed by atoms with Crippen molar-refractivity contribution in [1.82, 2.24) is 0 Å². The fraction of sp³-hybridized carbons (Fsp3) is 0.0714. The summed E-state index contributed by atoms with van der Waals surface area (Å²) in [4.78, 5) is 1.14. The monoisotopic (exact) mass is 294 g/mol. The summed E-state index contributed by atoms with van der Waals surface area (Å²) in [6.45, 7) is 0. The van der Waals surface area contributed by atoms with Crippen LogP contribution in [0, 0.1) is 11.3 Å². The highest BCUT2D eigenvalue weighted by atomic mass is 32.2. The number of anilines is 1. The van der Waals surface area contributed by atoms with Crippen LogP contribution >= 0.6 is 11.8 Å². The number of para-hydroxylation sites is 1. The molecule has 2 aromatic carbocycles. The molecule has 0 saturated heterocycles. The van der Waals surface area contributed by atoms with Crippen LogP contribution in [0.5, 0.6) is 0 Å². The van der Waals surface area contributed by atoms with Gasteiger partial charge in [-0.15, -0.1) is 0 Å². The Balaban J connectivity index is 2.39. The zero-order chi connectivity index (χ0) is 14.8. The summed E-state index contributed by atoms with van der Waals surface area (Å²) >= 11 is 1.17. The van der Waals surface area contributed by atoms with E-state index >= 15 is 0 Å². The molecule has 0 aliphatic rings. The molecule has 0 unspecified atom stereocenters. The molecule has 0 bridgehead atoms. The van der Waals surface area contributed by atoms with E-state index in [1.165, 1.54) is 17.8 Å². The molecule has 0 fully saturated rings. The Hall–Kier alpha value is -2.13. The summed E-state index contributed by atoms with van der Waals surface area (Å²) in [5, 5.41) is 8.99. The lowest BCUT2D eigenvalue weighted by Gasteiger charge is -2.10. The third kappa shape index (κ3) is 3.06. The molecule has 0 heterocycles. The summed E-state index contributed by atoms with van der Waals surface area (Å²) in [7, 11) is 0. The van der Waals surface area contributed by atoms with Crippen molar-refractivity contribution < 1.29 is 13.2 Å². The van der Waals surface area contributed by atoms with Crippen LogP contribution in [0.25, 0.3) is 0 Å². The highest BCUT2D eigenvalue weighted by Crippen LogP contribution is 2.37. The molecule has 0 saturated carbocycles. The van der Waals surface area contributed by atoms with Gasteiger partial charge in [-0.1, -0.05) is 23.9 Å². The third-order valence-corrected chi connectivity index (χ3v) is 3.73. The highest BCUT2D eigenvalue weighted by Gasteiger charge is 2.31. The highest BCUT2D eigenvalue weighted by molar-refractivity contribution is 7.99. The first-order chi connectivity index (χ1) is 9.41. The van der Waals surface area contributed by atoms with Gasteiger partial charge in [-0.3, -0.25) is 0 Å². The quantitative estimate of drug-likeness (QED) is 0.840. The van der Waals surface area contributed by atoms with Crippen LogP contribution in [0.3, 0.4) is 0 Å². The molecule has 102 valence electrons. The first-order valence-electron chi connectivity index (χ1n) is 5.55. The lowest BCUT2D eigenvalue weighted by Crippen LogP contribution is -2.05. The molecule has 20 heavy (non-hydrogen) atoms. The second-order valence-electron chi connectivity index (χ2n) is 3.96. The maximum Gasteiger partial charge on any atom is 0.416 e. The molecule has 0 aromatic heterocycles. The zero-order valence-electron chi connectivity index (χ0n) is 10.1. The van der Waals surface area contributed by atoms with E-state index in [1.807, 2.05) is 0 Å². The van der Waals surface area contributed by atoms with Crippen molar-refractivity contribution in [3.63, 3.8) is 0 Å². The number of benzene rings is 2. The van der Waals surface area contributed by atoms with Crippen LogP contribution in [0.4, 0.5) is 18.9 Å². The summed E-state index contributed by atoms with van der Waals surface area (Å²) in [6, 6.07) is 11.9. The number of alkyl halides is 3. The van der Waals surface area contributed by atoms with Gasteiger partial charge in [-0.05, 0) is 30.3 Å². The number of hydrogen-bond acceptors (Lipinski definition) is 3. The molecule has 6 heteroatoms. The molecule has 0 aliphatic carbocycles. The topological polar surface area (TPSA) is 49.8 Å². The Labute approximate surface area is 118 Å². The second-order valence-corrected chi connectivity index (χ2v) is 5.04. The molecule has 0 atom stereocenters. The minimum absolute atomic E-state index is 0.0203. The summed E-state index contributed by atoms with van der Waals surface area (Å²) in [5.74, 6) is 0. The Bertz CT molecular complexity index is 675. The number of nitrogen functional groups attached to an aromatic ring is 1. The Morgan fingerprint density at radius 3 is 2.35 bits per heavy atom. The summed E-state index contributed by atoms with van der Waals surface area (Å²) in [6.07, 6.45) is -4.46. The minimum atomic E-state index is -4.46. The lowest BCUT2D eigenvalue weighted by atomic mass is 10.1. The van der Waals surface area contributed by atoms with Crippen LogP contribution in [-0.4, -0.2) is 0 Å². The third-order valence-electron chi connectivity index (χ3n) is 2.57. The molecule has 2 N–H and O–H groups in total. The summed E-state index contributed by atoms with van der Waals surface area (Å²) in [5.41, 5.74) is 5.44. The molecular formula is C14H9F3N2S. The molecule has 0 aliphatic heterocycles. The standard InChI is InChI=1S/C14H9F3N2S/c15-14(16,17)10-5-6-12(9(7-10)8-18)20-13-4-2-1-3-11(13)19/h1-7H,19H2. The second kappa shape index (κ2) is 5.47. The van der Waals surface area contributed by atoms with Crippen LogP contribution < -0.4 is 5.73 Å². The van der Waals surface area contributed by atoms with E-state index in [1.54, 1.807) is 30.3 Å².